The fraction of sp³-hybridized carbons (Fsp3) is 0.500. The summed E-state index contributed by atoms with van der Waals surface area (Å²) >= 11 is 0. The van der Waals surface area contributed by atoms with Crippen LogP contribution >= 0.6 is 0 Å². The molecule has 5 nitrogen and oxygen atoms in total. The Labute approximate surface area is 138 Å². The molecule has 24 heavy (non-hydrogen) atoms. The van der Waals surface area contributed by atoms with Crippen LogP contribution in [0, 0.1) is 0 Å². The normalized spacial score (nSPS) is 19.9. The van der Waals surface area contributed by atoms with E-state index in [9.17, 15) is 18.0 Å². The summed E-state index contributed by atoms with van der Waals surface area (Å²) in [7, 11) is 1.96. The molecule has 0 radical (unpaired) electrons. The number of alkyl halides is 3. The van der Waals surface area contributed by atoms with Crippen molar-refractivity contribution in [1.29, 1.82) is 0 Å². The van der Waals surface area contributed by atoms with Crippen molar-refractivity contribution in [2.45, 2.75) is 19.0 Å². The van der Waals surface area contributed by atoms with Crippen molar-refractivity contribution in [3.63, 3.8) is 0 Å². The van der Waals surface area contributed by atoms with Gasteiger partial charge in [-0.3, -0.25) is 4.79 Å². The zero-order chi connectivity index (χ0) is 17.3. The van der Waals surface area contributed by atoms with Gasteiger partial charge in [0.25, 0.3) is 0 Å². The molecule has 0 spiro atoms. The number of hydrogen-bond acceptors (Lipinski definition) is 4. The van der Waals surface area contributed by atoms with Gasteiger partial charge in [0.2, 0.25) is 5.91 Å². The molecule has 2 heterocycles. The zero-order valence-electron chi connectivity index (χ0n) is 13.4. The monoisotopic (exact) mass is 340 g/mol. The summed E-state index contributed by atoms with van der Waals surface area (Å²) in [6, 6.07) is 4.31. The molecule has 1 saturated heterocycles. The van der Waals surface area contributed by atoms with Crippen LogP contribution in [0.3, 0.4) is 0 Å². The molecule has 3 rings (SSSR count). The maximum Gasteiger partial charge on any atom is 0.418 e. The minimum absolute atomic E-state index is 0.208. The number of hydrogen-bond donors (Lipinski definition) is 1. The Bertz CT molecular complexity index is 664. The summed E-state index contributed by atoms with van der Waals surface area (Å²) in [4.78, 5) is 15.0. The molecule has 0 aromatic heterocycles. The van der Waals surface area contributed by atoms with Crippen molar-refractivity contribution in [2.24, 2.45) is 5.10 Å². The average molecular weight is 340 g/mol. The van der Waals surface area contributed by atoms with Crippen LogP contribution in [-0.4, -0.2) is 49.7 Å². The fourth-order valence-corrected chi connectivity index (χ4v) is 2.95. The van der Waals surface area contributed by atoms with Gasteiger partial charge in [-0.25, -0.2) is 5.43 Å². The summed E-state index contributed by atoms with van der Waals surface area (Å²) < 4.78 is 40.6. The van der Waals surface area contributed by atoms with Gasteiger partial charge in [-0.2, -0.15) is 18.3 Å². The molecule has 0 bridgehead atoms. The first-order valence-corrected chi connectivity index (χ1v) is 7.85. The van der Waals surface area contributed by atoms with E-state index in [0.29, 0.717) is 30.8 Å². The molecule has 1 fully saturated rings. The molecule has 8 heteroatoms. The molecule has 0 unspecified atom stereocenters. The molecule has 1 aromatic rings. The number of likely N-dealkylation sites (N-methyl/N-ethyl adjacent to an activating group) is 1. The lowest BCUT2D eigenvalue weighted by atomic mass is 10.00. The Hall–Kier alpha value is -2.09. The van der Waals surface area contributed by atoms with Crippen LogP contribution in [0.15, 0.2) is 23.3 Å². The van der Waals surface area contributed by atoms with Gasteiger partial charge in [-0.1, -0.05) is 6.07 Å². The number of rotatable bonds is 2. The summed E-state index contributed by atoms with van der Waals surface area (Å²) in [5.74, 6) is -0.219. The second-order valence-electron chi connectivity index (χ2n) is 6.11. The maximum atomic E-state index is 13.5. The van der Waals surface area contributed by atoms with E-state index in [1.54, 1.807) is 11.0 Å². The summed E-state index contributed by atoms with van der Waals surface area (Å²) in [5, 5.41) is 3.89. The predicted octanol–water partition coefficient (Wildman–Crippen LogP) is 2.07. The quantitative estimate of drug-likeness (QED) is 0.897. The average Bonchev–Trinajstić information content (AvgIpc) is 2.55. The number of halogens is 3. The second kappa shape index (κ2) is 6.43. The molecule has 1 aromatic carbocycles. The maximum absolute atomic E-state index is 13.5. The van der Waals surface area contributed by atoms with E-state index >= 15 is 0 Å². The Morgan fingerprint density at radius 2 is 1.83 bits per heavy atom. The van der Waals surface area contributed by atoms with E-state index in [1.165, 1.54) is 6.07 Å². The van der Waals surface area contributed by atoms with Crippen LogP contribution in [0.5, 0.6) is 0 Å². The number of amides is 1. The molecule has 1 amide bonds. The van der Waals surface area contributed by atoms with Crippen molar-refractivity contribution < 1.29 is 18.0 Å². The Morgan fingerprint density at radius 1 is 1.12 bits per heavy atom. The van der Waals surface area contributed by atoms with E-state index in [0.717, 1.165) is 19.2 Å². The van der Waals surface area contributed by atoms with Gasteiger partial charge in [0.05, 0.1) is 11.3 Å². The minimum Gasteiger partial charge on any atom is -0.368 e. The van der Waals surface area contributed by atoms with Crippen LogP contribution in [0.4, 0.5) is 18.9 Å². The third-order valence-corrected chi connectivity index (χ3v) is 4.38. The second-order valence-corrected chi connectivity index (χ2v) is 6.11. The third kappa shape index (κ3) is 3.53. The lowest BCUT2D eigenvalue weighted by molar-refractivity contribution is -0.137. The van der Waals surface area contributed by atoms with Gasteiger partial charge >= 0.3 is 6.18 Å². The summed E-state index contributed by atoms with van der Waals surface area (Å²) in [6.45, 7) is 2.60. The highest BCUT2D eigenvalue weighted by Crippen LogP contribution is 2.38. The molecular weight excluding hydrogens is 321 g/mol. The number of carbonyl (C=O) groups is 1. The number of nitrogens with zero attached hydrogens (tertiary/aromatic N) is 3. The molecule has 2 aliphatic rings. The van der Waals surface area contributed by atoms with Crippen LogP contribution in [0.2, 0.25) is 0 Å². The number of piperazine rings is 1. The van der Waals surface area contributed by atoms with E-state index in [4.69, 9.17) is 0 Å². The van der Waals surface area contributed by atoms with Crippen molar-refractivity contribution in [3.05, 3.63) is 29.3 Å². The van der Waals surface area contributed by atoms with E-state index in [-0.39, 0.29) is 18.0 Å². The zero-order valence-corrected chi connectivity index (χ0v) is 13.4. The topological polar surface area (TPSA) is 47.9 Å². The Morgan fingerprint density at radius 3 is 2.42 bits per heavy atom. The summed E-state index contributed by atoms with van der Waals surface area (Å²) in [5.41, 5.74) is 2.76. The van der Waals surface area contributed by atoms with Crippen molar-refractivity contribution in [2.75, 3.05) is 38.1 Å². The van der Waals surface area contributed by atoms with Crippen LogP contribution < -0.4 is 10.3 Å². The Balaban J connectivity index is 1.94. The molecule has 2 aliphatic heterocycles. The van der Waals surface area contributed by atoms with Gasteiger partial charge in [0.1, 0.15) is 0 Å². The standard InChI is InChI=1S/C16H19F3N4O/c1-22-6-8-23(9-7-22)14-4-2-11(10-12(14)16(17,18)19)13-3-5-15(24)21-20-13/h2,4,10H,3,5-9H2,1H3,(H,21,24). The van der Waals surface area contributed by atoms with Crippen molar-refractivity contribution in [1.82, 2.24) is 10.3 Å². The van der Waals surface area contributed by atoms with Crippen LogP contribution in [-0.2, 0) is 11.0 Å². The fourth-order valence-electron chi connectivity index (χ4n) is 2.95. The van der Waals surface area contributed by atoms with Crippen LogP contribution in [0.25, 0.3) is 0 Å². The number of anilines is 1. The molecule has 0 atom stereocenters. The van der Waals surface area contributed by atoms with Crippen LogP contribution in [0.1, 0.15) is 24.0 Å². The number of nitrogens with one attached hydrogen (secondary N) is 1. The lowest BCUT2D eigenvalue weighted by Gasteiger charge is -2.35. The number of carbonyl (C=O) groups excluding carboxylic acids is 1. The van der Waals surface area contributed by atoms with E-state index < -0.39 is 11.7 Å². The number of benzene rings is 1. The van der Waals surface area contributed by atoms with Gasteiger partial charge in [0.15, 0.2) is 0 Å². The minimum atomic E-state index is -4.44. The highest BCUT2D eigenvalue weighted by Gasteiger charge is 2.36. The molecular formula is C16H19F3N4O. The molecule has 1 N–H and O–H groups in total. The smallest absolute Gasteiger partial charge is 0.368 e. The predicted molar refractivity (Wildman–Crippen MR) is 85.1 cm³/mol. The van der Waals surface area contributed by atoms with Gasteiger partial charge in [-0.05, 0) is 24.7 Å². The molecule has 0 saturated carbocycles. The van der Waals surface area contributed by atoms with E-state index in [2.05, 4.69) is 15.4 Å². The van der Waals surface area contributed by atoms with Crippen molar-refractivity contribution >= 4 is 17.3 Å². The first-order valence-electron chi connectivity index (χ1n) is 7.85. The first kappa shape index (κ1) is 16.8. The number of hydrazone groups is 1. The Kier molecular flexibility index (Phi) is 4.49. The molecule has 130 valence electrons. The largest absolute Gasteiger partial charge is 0.418 e. The molecule has 0 aliphatic carbocycles. The highest BCUT2D eigenvalue weighted by molar-refractivity contribution is 6.04. The third-order valence-electron chi connectivity index (χ3n) is 4.38. The van der Waals surface area contributed by atoms with Gasteiger partial charge < -0.3 is 9.80 Å². The van der Waals surface area contributed by atoms with Gasteiger partial charge in [0, 0.05) is 44.7 Å². The van der Waals surface area contributed by atoms with Gasteiger partial charge in [-0.15, -0.1) is 0 Å². The van der Waals surface area contributed by atoms with E-state index in [1.807, 2.05) is 7.05 Å². The lowest BCUT2D eigenvalue weighted by Crippen LogP contribution is -2.45. The first-order chi connectivity index (χ1) is 11.3. The SMILES string of the molecule is CN1CCN(c2ccc(C3=NNC(=O)CC3)cc2C(F)(F)F)CC1. The highest BCUT2D eigenvalue weighted by atomic mass is 19.4. The summed E-state index contributed by atoms with van der Waals surface area (Å²) in [6.07, 6.45) is -3.86. The van der Waals surface area contributed by atoms with Crippen molar-refractivity contribution in [3.8, 4) is 0 Å².